The van der Waals surface area contributed by atoms with Crippen LogP contribution in [0.1, 0.15) is 26.9 Å². The highest BCUT2D eigenvalue weighted by Gasteiger charge is 2.17. The normalized spacial score (nSPS) is 12.7. The highest BCUT2D eigenvalue weighted by molar-refractivity contribution is 14.1. The first kappa shape index (κ1) is 13.0. The molecule has 4 heteroatoms. The average molecular weight is 358 g/mol. The molecule has 1 aromatic heterocycles. The Labute approximate surface area is 119 Å². The van der Waals surface area contributed by atoms with Crippen molar-refractivity contribution in [2.45, 2.75) is 19.9 Å². The lowest BCUT2D eigenvalue weighted by Gasteiger charge is -2.17. The van der Waals surface area contributed by atoms with Gasteiger partial charge in [-0.3, -0.25) is 5.84 Å². The Balaban J connectivity index is 2.45. The summed E-state index contributed by atoms with van der Waals surface area (Å²) in [5, 5.41) is 0. The molecular weight excluding hydrogens is 343 g/mol. The lowest BCUT2D eigenvalue weighted by atomic mass is 10.0. The van der Waals surface area contributed by atoms with Gasteiger partial charge in [-0.15, -0.1) is 11.3 Å². The molecule has 0 saturated heterocycles. The van der Waals surface area contributed by atoms with Crippen LogP contribution in [-0.2, 0) is 0 Å². The Morgan fingerprint density at radius 2 is 2.00 bits per heavy atom. The van der Waals surface area contributed by atoms with Crippen molar-refractivity contribution >= 4 is 33.9 Å². The average Bonchev–Trinajstić information content (AvgIpc) is 2.72. The molecule has 0 fully saturated rings. The fourth-order valence-corrected chi connectivity index (χ4v) is 3.45. The van der Waals surface area contributed by atoms with E-state index in [-0.39, 0.29) is 6.04 Å². The summed E-state index contributed by atoms with van der Waals surface area (Å²) in [5.41, 5.74) is 5.46. The number of benzene rings is 1. The van der Waals surface area contributed by atoms with Crippen molar-refractivity contribution in [3.63, 3.8) is 0 Å². The molecule has 1 aromatic carbocycles. The Kier molecular flexibility index (Phi) is 4.19. The second-order valence-electron chi connectivity index (χ2n) is 4.03. The summed E-state index contributed by atoms with van der Waals surface area (Å²) < 4.78 is 1.28. The fraction of sp³-hybridized carbons (Fsp3) is 0.231. The topological polar surface area (TPSA) is 38.0 Å². The van der Waals surface area contributed by atoms with Gasteiger partial charge in [-0.05, 0) is 59.7 Å². The van der Waals surface area contributed by atoms with Crippen LogP contribution in [0.5, 0.6) is 0 Å². The number of nitrogens with one attached hydrogen (secondary N) is 1. The minimum Gasteiger partial charge on any atom is -0.271 e. The second kappa shape index (κ2) is 5.48. The van der Waals surface area contributed by atoms with E-state index in [2.05, 4.69) is 72.2 Å². The molecule has 1 heterocycles. The molecule has 0 radical (unpaired) electrons. The van der Waals surface area contributed by atoms with Crippen LogP contribution in [0.15, 0.2) is 30.3 Å². The van der Waals surface area contributed by atoms with E-state index >= 15 is 0 Å². The van der Waals surface area contributed by atoms with Gasteiger partial charge in [-0.25, -0.2) is 5.43 Å². The van der Waals surface area contributed by atoms with E-state index in [9.17, 15) is 0 Å². The Morgan fingerprint density at radius 3 is 2.59 bits per heavy atom. The number of nitrogens with two attached hydrogens (primary N) is 1. The lowest BCUT2D eigenvalue weighted by molar-refractivity contribution is 0.643. The zero-order chi connectivity index (χ0) is 12.4. The van der Waals surface area contributed by atoms with Gasteiger partial charge < -0.3 is 0 Å². The lowest BCUT2D eigenvalue weighted by Crippen LogP contribution is -2.28. The molecule has 2 rings (SSSR count). The first-order valence-corrected chi connectivity index (χ1v) is 7.30. The van der Waals surface area contributed by atoms with E-state index in [4.69, 9.17) is 5.84 Å². The van der Waals surface area contributed by atoms with Crippen LogP contribution in [0.3, 0.4) is 0 Å². The smallest absolute Gasteiger partial charge is 0.0812 e. The minimum atomic E-state index is 0.0838. The Morgan fingerprint density at radius 1 is 1.24 bits per heavy atom. The van der Waals surface area contributed by atoms with E-state index in [0.29, 0.717) is 0 Å². The van der Waals surface area contributed by atoms with E-state index in [1.54, 1.807) is 11.3 Å². The molecule has 1 unspecified atom stereocenters. The number of aryl methyl sites for hydroxylation is 2. The van der Waals surface area contributed by atoms with Gasteiger partial charge in [0.05, 0.1) is 6.04 Å². The monoisotopic (exact) mass is 358 g/mol. The number of rotatable bonds is 3. The zero-order valence-corrected chi connectivity index (χ0v) is 12.8. The van der Waals surface area contributed by atoms with Crippen molar-refractivity contribution in [3.8, 4) is 0 Å². The summed E-state index contributed by atoms with van der Waals surface area (Å²) in [6, 6.07) is 10.7. The van der Waals surface area contributed by atoms with Gasteiger partial charge in [0.25, 0.3) is 0 Å². The Bertz CT molecular complexity index is 522. The Hall–Kier alpha value is -0.430. The second-order valence-corrected chi connectivity index (χ2v) is 6.42. The summed E-state index contributed by atoms with van der Waals surface area (Å²) in [7, 11) is 0. The van der Waals surface area contributed by atoms with Crippen molar-refractivity contribution < 1.29 is 0 Å². The molecule has 2 aromatic rings. The maximum atomic E-state index is 5.72. The summed E-state index contributed by atoms with van der Waals surface area (Å²) in [6.45, 7) is 4.24. The highest BCUT2D eigenvalue weighted by atomic mass is 127. The van der Waals surface area contributed by atoms with E-state index in [1.165, 1.54) is 24.5 Å². The van der Waals surface area contributed by atoms with Crippen molar-refractivity contribution in [1.29, 1.82) is 0 Å². The molecule has 0 aliphatic heterocycles. The quantitative estimate of drug-likeness (QED) is 0.501. The summed E-state index contributed by atoms with van der Waals surface area (Å²) >= 11 is 4.17. The van der Waals surface area contributed by atoms with E-state index < -0.39 is 0 Å². The summed E-state index contributed by atoms with van der Waals surface area (Å²) in [4.78, 5) is 2.57. The van der Waals surface area contributed by atoms with E-state index in [1.807, 2.05) is 0 Å². The number of hydrogen-bond donors (Lipinski definition) is 2. The molecule has 1 atom stereocenters. The SMILES string of the molecule is Cc1ccc(C(NN)c2cccc(C)c2I)s1. The highest BCUT2D eigenvalue weighted by Crippen LogP contribution is 2.31. The van der Waals surface area contributed by atoms with E-state index in [0.717, 1.165) is 0 Å². The van der Waals surface area contributed by atoms with Crippen LogP contribution in [0, 0.1) is 17.4 Å². The van der Waals surface area contributed by atoms with Crippen molar-refractivity contribution in [3.05, 3.63) is 54.8 Å². The number of thiophene rings is 1. The third-order valence-electron chi connectivity index (χ3n) is 2.75. The molecule has 0 spiro atoms. The van der Waals surface area contributed by atoms with Crippen LogP contribution in [0.2, 0.25) is 0 Å². The first-order valence-electron chi connectivity index (χ1n) is 5.41. The molecule has 0 saturated carbocycles. The number of halogens is 1. The largest absolute Gasteiger partial charge is 0.271 e. The standard InChI is InChI=1S/C13H15IN2S/c1-8-4-3-5-10(12(8)14)13(16-15)11-7-6-9(2)17-11/h3-7,13,16H,15H2,1-2H3. The molecule has 17 heavy (non-hydrogen) atoms. The maximum absolute atomic E-state index is 5.72. The molecule has 0 bridgehead atoms. The van der Waals surface area contributed by atoms with Gasteiger partial charge in [0.2, 0.25) is 0 Å². The fourth-order valence-electron chi connectivity index (χ4n) is 1.83. The van der Waals surface area contributed by atoms with Gasteiger partial charge >= 0.3 is 0 Å². The minimum absolute atomic E-state index is 0.0838. The predicted octanol–water partition coefficient (Wildman–Crippen LogP) is 3.52. The van der Waals surface area contributed by atoms with Gasteiger partial charge in [0.15, 0.2) is 0 Å². The van der Waals surface area contributed by atoms with Crippen molar-refractivity contribution in [1.82, 2.24) is 5.43 Å². The number of hydrogen-bond acceptors (Lipinski definition) is 3. The molecule has 0 aliphatic carbocycles. The van der Waals surface area contributed by atoms with Crippen LogP contribution in [-0.4, -0.2) is 0 Å². The predicted molar refractivity (Wildman–Crippen MR) is 82.1 cm³/mol. The summed E-state index contributed by atoms with van der Waals surface area (Å²) in [6.07, 6.45) is 0. The number of hydrazine groups is 1. The van der Waals surface area contributed by atoms with Crippen LogP contribution in [0.25, 0.3) is 0 Å². The van der Waals surface area contributed by atoms with Gasteiger partial charge in [0, 0.05) is 13.3 Å². The third-order valence-corrected chi connectivity index (χ3v) is 5.28. The van der Waals surface area contributed by atoms with Crippen LogP contribution in [0.4, 0.5) is 0 Å². The van der Waals surface area contributed by atoms with Crippen LogP contribution < -0.4 is 11.3 Å². The molecule has 0 aliphatic rings. The zero-order valence-electron chi connectivity index (χ0n) is 9.83. The molecule has 3 N–H and O–H groups in total. The molecular formula is C13H15IN2S. The van der Waals surface area contributed by atoms with Gasteiger partial charge in [0.1, 0.15) is 0 Å². The van der Waals surface area contributed by atoms with Crippen LogP contribution >= 0.6 is 33.9 Å². The first-order chi connectivity index (χ1) is 8.13. The maximum Gasteiger partial charge on any atom is 0.0812 e. The van der Waals surface area contributed by atoms with Crippen molar-refractivity contribution in [2.24, 2.45) is 5.84 Å². The van der Waals surface area contributed by atoms with Crippen molar-refractivity contribution in [2.75, 3.05) is 0 Å². The van der Waals surface area contributed by atoms with Gasteiger partial charge in [-0.2, -0.15) is 0 Å². The third kappa shape index (κ3) is 2.70. The molecule has 2 nitrogen and oxygen atoms in total. The molecule has 0 amide bonds. The van der Waals surface area contributed by atoms with Gasteiger partial charge in [-0.1, -0.05) is 18.2 Å². The summed E-state index contributed by atoms with van der Waals surface area (Å²) in [5.74, 6) is 5.72. The molecule has 90 valence electrons.